The van der Waals surface area contributed by atoms with Crippen molar-refractivity contribution in [2.24, 2.45) is 4.99 Å². The van der Waals surface area contributed by atoms with Crippen molar-refractivity contribution in [3.05, 3.63) is 41.8 Å². The summed E-state index contributed by atoms with van der Waals surface area (Å²) in [6.07, 6.45) is 1.60. The number of aryl methyl sites for hydroxylation is 1. The van der Waals surface area contributed by atoms with E-state index in [-0.39, 0.29) is 36.4 Å². The lowest BCUT2D eigenvalue weighted by Gasteiger charge is -2.11. The van der Waals surface area contributed by atoms with E-state index in [0.717, 1.165) is 5.56 Å². The van der Waals surface area contributed by atoms with Crippen LogP contribution in [0.3, 0.4) is 0 Å². The molecule has 0 radical (unpaired) electrons. The minimum Gasteiger partial charge on any atom is -0.444 e. The van der Waals surface area contributed by atoms with Crippen LogP contribution in [0.25, 0.3) is 11.5 Å². The second-order valence-corrected chi connectivity index (χ2v) is 5.90. The van der Waals surface area contributed by atoms with Gasteiger partial charge in [0.25, 0.3) is 0 Å². The van der Waals surface area contributed by atoms with E-state index in [1.165, 1.54) is 5.56 Å². The molecule has 1 aromatic carbocycles. The van der Waals surface area contributed by atoms with E-state index in [1.54, 1.807) is 13.4 Å². The first-order chi connectivity index (χ1) is 13.1. The number of aliphatic imine (C=N–C) groups is 1. The lowest BCUT2D eigenvalue weighted by atomic mass is 10.1. The van der Waals surface area contributed by atoms with Gasteiger partial charge in [-0.2, -0.15) is 0 Å². The number of amides is 1. The Morgan fingerprint density at radius 1 is 1.21 bits per heavy atom. The minimum atomic E-state index is -0.124. The van der Waals surface area contributed by atoms with Gasteiger partial charge in [-0.25, -0.2) is 9.98 Å². The molecule has 154 valence electrons. The number of ether oxygens (including phenoxy) is 1. The van der Waals surface area contributed by atoms with Gasteiger partial charge in [-0.15, -0.1) is 24.0 Å². The lowest BCUT2D eigenvalue weighted by Crippen LogP contribution is -2.43. The van der Waals surface area contributed by atoms with E-state index >= 15 is 0 Å². The van der Waals surface area contributed by atoms with Gasteiger partial charge in [0, 0.05) is 25.8 Å². The van der Waals surface area contributed by atoms with Crippen LogP contribution in [0.4, 0.5) is 0 Å². The number of guanidine groups is 1. The number of hydrogen-bond donors (Lipinski definition) is 3. The molecule has 9 heteroatoms. The predicted molar refractivity (Wildman–Crippen MR) is 120 cm³/mol. The average Bonchev–Trinajstić information content (AvgIpc) is 3.14. The highest BCUT2D eigenvalue weighted by molar-refractivity contribution is 14.0. The summed E-state index contributed by atoms with van der Waals surface area (Å²) in [5, 5.41) is 8.83. The number of oxazole rings is 1. The average molecular weight is 501 g/mol. The number of halogens is 1. The number of carbonyl (C=O) groups excluding carboxylic acids is 1. The topological polar surface area (TPSA) is 101 Å². The van der Waals surface area contributed by atoms with Crippen LogP contribution < -0.4 is 16.0 Å². The molecular weight excluding hydrogens is 473 g/mol. The van der Waals surface area contributed by atoms with Gasteiger partial charge in [0.15, 0.2) is 5.96 Å². The number of rotatable bonds is 9. The van der Waals surface area contributed by atoms with E-state index in [4.69, 9.17) is 9.15 Å². The normalized spacial score (nSPS) is 10.9. The SMILES string of the molecule is CCNC(=NCc1coc(-c2ccc(C)cc2)n1)NCC(=O)NCCOC.I. The number of nitrogens with one attached hydrogen (secondary N) is 3. The Balaban J connectivity index is 0.00000392. The molecule has 1 amide bonds. The molecule has 28 heavy (non-hydrogen) atoms. The molecule has 0 aliphatic heterocycles. The highest BCUT2D eigenvalue weighted by Gasteiger charge is 2.07. The van der Waals surface area contributed by atoms with E-state index in [1.807, 2.05) is 38.1 Å². The number of aromatic nitrogens is 1. The number of benzene rings is 1. The summed E-state index contributed by atoms with van der Waals surface area (Å²) in [4.78, 5) is 20.7. The van der Waals surface area contributed by atoms with Gasteiger partial charge >= 0.3 is 0 Å². The first-order valence-electron chi connectivity index (χ1n) is 8.91. The molecule has 2 aromatic rings. The van der Waals surface area contributed by atoms with E-state index in [0.29, 0.717) is 43.8 Å². The van der Waals surface area contributed by atoms with Crippen molar-refractivity contribution >= 4 is 35.8 Å². The zero-order chi connectivity index (χ0) is 19.5. The van der Waals surface area contributed by atoms with Crippen LogP contribution in [0, 0.1) is 6.92 Å². The third kappa shape index (κ3) is 8.26. The monoisotopic (exact) mass is 501 g/mol. The maximum Gasteiger partial charge on any atom is 0.239 e. The second-order valence-electron chi connectivity index (χ2n) is 5.90. The Bertz CT molecular complexity index is 746. The maximum absolute atomic E-state index is 11.7. The van der Waals surface area contributed by atoms with Crippen molar-refractivity contribution in [1.29, 1.82) is 0 Å². The van der Waals surface area contributed by atoms with Crippen LogP contribution in [0.15, 0.2) is 39.9 Å². The molecule has 1 heterocycles. The molecule has 3 N–H and O–H groups in total. The highest BCUT2D eigenvalue weighted by atomic mass is 127. The molecule has 0 atom stereocenters. The summed E-state index contributed by atoms with van der Waals surface area (Å²) in [5.41, 5.74) is 2.82. The first kappa shape index (κ1) is 23.9. The van der Waals surface area contributed by atoms with E-state index in [2.05, 4.69) is 25.9 Å². The van der Waals surface area contributed by atoms with Gasteiger partial charge < -0.3 is 25.1 Å². The zero-order valence-electron chi connectivity index (χ0n) is 16.4. The van der Waals surface area contributed by atoms with Crippen molar-refractivity contribution < 1.29 is 13.9 Å². The van der Waals surface area contributed by atoms with Gasteiger partial charge in [-0.3, -0.25) is 4.79 Å². The van der Waals surface area contributed by atoms with Crippen molar-refractivity contribution in [3.63, 3.8) is 0 Å². The van der Waals surface area contributed by atoms with Crippen molar-refractivity contribution in [3.8, 4) is 11.5 Å². The molecule has 0 saturated heterocycles. The third-order valence-corrected chi connectivity index (χ3v) is 3.64. The molecular formula is C19H28IN5O3. The Kier molecular flexibility index (Phi) is 11.2. The Labute approximate surface area is 182 Å². The number of methoxy groups -OCH3 is 1. The smallest absolute Gasteiger partial charge is 0.239 e. The molecule has 0 unspecified atom stereocenters. The van der Waals surface area contributed by atoms with Crippen molar-refractivity contribution in [2.45, 2.75) is 20.4 Å². The Morgan fingerprint density at radius 3 is 2.64 bits per heavy atom. The minimum absolute atomic E-state index is 0. The van der Waals surface area contributed by atoms with Crippen LogP contribution in [-0.4, -0.2) is 50.2 Å². The predicted octanol–water partition coefficient (Wildman–Crippen LogP) is 2.09. The highest BCUT2D eigenvalue weighted by Crippen LogP contribution is 2.19. The number of hydrogen-bond acceptors (Lipinski definition) is 5. The van der Waals surface area contributed by atoms with E-state index < -0.39 is 0 Å². The molecule has 0 aliphatic carbocycles. The molecule has 0 fully saturated rings. The van der Waals surface area contributed by atoms with Crippen LogP contribution >= 0.6 is 24.0 Å². The molecule has 0 bridgehead atoms. The summed E-state index contributed by atoms with van der Waals surface area (Å²) in [6.45, 7) is 6.11. The summed E-state index contributed by atoms with van der Waals surface area (Å²) >= 11 is 0. The quantitative estimate of drug-likeness (QED) is 0.211. The zero-order valence-corrected chi connectivity index (χ0v) is 18.8. The van der Waals surface area contributed by atoms with Crippen LogP contribution in [0.1, 0.15) is 18.2 Å². The van der Waals surface area contributed by atoms with Gasteiger partial charge in [0.2, 0.25) is 11.8 Å². The van der Waals surface area contributed by atoms with Gasteiger partial charge in [-0.05, 0) is 26.0 Å². The summed E-state index contributed by atoms with van der Waals surface area (Å²) in [5.74, 6) is 0.982. The van der Waals surface area contributed by atoms with Gasteiger partial charge in [-0.1, -0.05) is 17.7 Å². The van der Waals surface area contributed by atoms with Crippen LogP contribution in [0.5, 0.6) is 0 Å². The van der Waals surface area contributed by atoms with Crippen LogP contribution in [0.2, 0.25) is 0 Å². The summed E-state index contributed by atoms with van der Waals surface area (Å²) in [6, 6.07) is 7.98. The fourth-order valence-corrected chi connectivity index (χ4v) is 2.23. The van der Waals surface area contributed by atoms with Crippen molar-refractivity contribution in [1.82, 2.24) is 20.9 Å². The first-order valence-corrected chi connectivity index (χ1v) is 8.91. The largest absolute Gasteiger partial charge is 0.444 e. The maximum atomic E-state index is 11.7. The Hall–Kier alpha value is -2.14. The third-order valence-electron chi connectivity index (χ3n) is 3.64. The fourth-order valence-electron chi connectivity index (χ4n) is 2.23. The van der Waals surface area contributed by atoms with E-state index in [9.17, 15) is 4.79 Å². The molecule has 8 nitrogen and oxygen atoms in total. The molecule has 1 aromatic heterocycles. The summed E-state index contributed by atoms with van der Waals surface area (Å²) in [7, 11) is 1.59. The van der Waals surface area contributed by atoms with Crippen molar-refractivity contribution in [2.75, 3.05) is 33.4 Å². The lowest BCUT2D eigenvalue weighted by molar-refractivity contribution is -0.120. The number of carbonyl (C=O) groups is 1. The standard InChI is InChI=1S/C19H27N5O3.HI/c1-4-20-19(23-12-17(25)21-9-10-26-3)22-11-16-13-27-18(24-16)15-7-5-14(2)6-8-15;/h5-8,13H,4,9-12H2,1-3H3,(H,21,25)(H2,20,22,23);1H. The molecule has 0 spiro atoms. The van der Waals surface area contributed by atoms with Crippen LogP contribution in [-0.2, 0) is 16.1 Å². The molecule has 0 saturated carbocycles. The van der Waals surface area contributed by atoms with Gasteiger partial charge in [0.1, 0.15) is 12.0 Å². The van der Waals surface area contributed by atoms with Gasteiger partial charge in [0.05, 0.1) is 19.7 Å². The summed E-state index contributed by atoms with van der Waals surface area (Å²) < 4.78 is 10.4. The Morgan fingerprint density at radius 2 is 1.96 bits per heavy atom. The second kappa shape index (κ2) is 13.1. The molecule has 2 rings (SSSR count). The number of nitrogens with zero attached hydrogens (tertiary/aromatic N) is 2. The molecule has 0 aliphatic rings. The fraction of sp³-hybridized carbons (Fsp3) is 0.421.